The minimum atomic E-state index is -0.214. The number of hydrogen-bond donors (Lipinski definition) is 1. The molecule has 110 valence electrons. The summed E-state index contributed by atoms with van der Waals surface area (Å²) < 4.78 is 5.64. The van der Waals surface area contributed by atoms with Crippen LogP contribution in [0.5, 0.6) is 0 Å². The molecule has 1 aromatic carbocycles. The Balaban J connectivity index is 1.98. The molecule has 2 aromatic rings. The largest absolute Gasteiger partial charge is 0.451 e. The van der Waals surface area contributed by atoms with E-state index in [0.29, 0.717) is 17.5 Å². The Kier molecular flexibility index (Phi) is 3.75. The Bertz CT molecular complexity index is 717. The molecule has 1 aliphatic heterocycles. The highest BCUT2D eigenvalue weighted by Gasteiger charge is 2.27. The molecule has 1 saturated heterocycles. The van der Waals surface area contributed by atoms with Crippen molar-refractivity contribution in [3.05, 3.63) is 46.3 Å². The predicted octanol–water partition coefficient (Wildman–Crippen LogP) is 1.62. The highest BCUT2D eigenvalue weighted by molar-refractivity contribution is 5.93. The molecule has 0 saturated carbocycles. The van der Waals surface area contributed by atoms with E-state index in [2.05, 4.69) is 5.32 Å². The van der Waals surface area contributed by atoms with Crippen LogP contribution in [0, 0.1) is 0 Å². The molecule has 1 amide bonds. The van der Waals surface area contributed by atoms with Gasteiger partial charge in [0.25, 0.3) is 5.91 Å². The van der Waals surface area contributed by atoms with Crippen molar-refractivity contribution >= 4 is 16.9 Å². The molecular formula is C16H18N2O3. The lowest BCUT2D eigenvalue weighted by Gasteiger charge is -2.26. The monoisotopic (exact) mass is 286 g/mol. The first-order valence-electron chi connectivity index (χ1n) is 7.25. The summed E-state index contributed by atoms with van der Waals surface area (Å²) in [6, 6.07) is 8.45. The lowest BCUT2D eigenvalue weighted by atomic mass is 10.2. The second-order valence-corrected chi connectivity index (χ2v) is 5.21. The summed E-state index contributed by atoms with van der Waals surface area (Å²) in [6.07, 6.45) is 0.928. The van der Waals surface area contributed by atoms with Crippen LogP contribution in [0.1, 0.15) is 23.9 Å². The van der Waals surface area contributed by atoms with E-state index in [1.54, 1.807) is 29.2 Å². The minimum absolute atomic E-state index is 0.118. The van der Waals surface area contributed by atoms with E-state index in [4.69, 9.17) is 4.42 Å². The van der Waals surface area contributed by atoms with Crippen molar-refractivity contribution in [3.63, 3.8) is 0 Å². The number of fused-ring (bicyclic) bond motifs is 1. The fraction of sp³-hybridized carbons (Fsp3) is 0.375. The topological polar surface area (TPSA) is 62.6 Å². The van der Waals surface area contributed by atoms with E-state index in [1.165, 1.54) is 6.07 Å². The average molecular weight is 286 g/mol. The number of nitrogens with one attached hydrogen (secondary N) is 1. The van der Waals surface area contributed by atoms with E-state index in [-0.39, 0.29) is 23.1 Å². The van der Waals surface area contributed by atoms with Gasteiger partial charge in [-0.15, -0.1) is 0 Å². The summed E-state index contributed by atoms with van der Waals surface area (Å²) in [4.78, 5) is 26.5. The maximum absolute atomic E-state index is 12.6. The molecule has 1 unspecified atom stereocenters. The van der Waals surface area contributed by atoms with Gasteiger partial charge in [0, 0.05) is 25.2 Å². The Morgan fingerprint density at radius 2 is 2.24 bits per heavy atom. The van der Waals surface area contributed by atoms with Crippen LogP contribution < -0.4 is 10.7 Å². The zero-order valence-corrected chi connectivity index (χ0v) is 12.0. The third-order valence-electron chi connectivity index (χ3n) is 3.92. The van der Waals surface area contributed by atoms with Crippen LogP contribution in [0.4, 0.5) is 0 Å². The molecule has 5 nitrogen and oxygen atoms in total. The number of para-hydroxylation sites is 1. The lowest BCUT2D eigenvalue weighted by Crippen LogP contribution is -2.41. The number of carbonyl (C=O) groups is 1. The molecule has 0 radical (unpaired) electrons. The number of carbonyl (C=O) groups excluding carboxylic acids is 1. The summed E-state index contributed by atoms with van der Waals surface area (Å²) in [5, 5.41) is 3.75. The molecule has 1 fully saturated rings. The molecule has 1 aliphatic rings. The molecule has 0 bridgehead atoms. The number of likely N-dealkylation sites (N-methyl/N-ethyl adjacent to an activating group) is 1. The number of amides is 1. The Morgan fingerprint density at radius 3 is 2.95 bits per heavy atom. The zero-order chi connectivity index (χ0) is 14.8. The summed E-state index contributed by atoms with van der Waals surface area (Å²) in [5.74, 6) is -0.0958. The maximum atomic E-state index is 12.6. The van der Waals surface area contributed by atoms with Crippen molar-refractivity contribution in [2.45, 2.75) is 19.4 Å². The van der Waals surface area contributed by atoms with Crippen molar-refractivity contribution in [2.75, 3.05) is 19.6 Å². The predicted molar refractivity (Wildman–Crippen MR) is 80.5 cm³/mol. The Morgan fingerprint density at radius 1 is 1.43 bits per heavy atom. The van der Waals surface area contributed by atoms with Crippen molar-refractivity contribution in [3.8, 4) is 0 Å². The quantitative estimate of drug-likeness (QED) is 0.931. The Labute approximate surface area is 122 Å². The number of hydrogen-bond acceptors (Lipinski definition) is 4. The highest BCUT2D eigenvalue weighted by Crippen LogP contribution is 2.16. The molecular weight excluding hydrogens is 268 g/mol. The lowest BCUT2D eigenvalue weighted by molar-refractivity contribution is 0.0671. The van der Waals surface area contributed by atoms with Gasteiger partial charge in [0.2, 0.25) is 0 Å². The Hall–Kier alpha value is -2.14. The molecule has 0 aliphatic carbocycles. The van der Waals surface area contributed by atoms with Crippen molar-refractivity contribution < 1.29 is 9.21 Å². The van der Waals surface area contributed by atoms with Crippen molar-refractivity contribution in [2.24, 2.45) is 0 Å². The fourth-order valence-corrected chi connectivity index (χ4v) is 2.82. The van der Waals surface area contributed by atoms with Gasteiger partial charge in [-0.3, -0.25) is 9.59 Å². The van der Waals surface area contributed by atoms with Gasteiger partial charge in [0.15, 0.2) is 11.2 Å². The molecule has 1 aromatic heterocycles. The standard InChI is InChI=1S/C16H18N2O3/c1-2-18(11-7-8-17-10-11)16(20)15-9-13(19)12-5-3-4-6-14(12)21-15/h3-6,9,11,17H,2,7-8,10H2,1H3. The first-order chi connectivity index (χ1) is 10.2. The molecule has 5 heteroatoms. The van der Waals surface area contributed by atoms with Gasteiger partial charge in [-0.25, -0.2) is 0 Å². The van der Waals surface area contributed by atoms with Crippen LogP contribution in [0.3, 0.4) is 0 Å². The van der Waals surface area contributed by atoms with Crippen LogP contribution in [0.25, 0.3) is 11.0 Å². The van der Waals surface area contributed by atoms with Crippen LogP contribution in [-0.2, 0) is 0 Å². The van der Waals surface area contributed by atoms with Gasteiger partial charge >= 0.3 is 0 Å². The summed E-state index contributed by atoms with van der Waals surface area (Å²) in [7, 11) is 0. The summed E-state index contributed by atoms with van der Waals surface area (Å²) >= 11 is 0. The van der Waals surface area contributed by atoms with E-state index < -0.39 is 0 Å². The number of nitrogens with zero attached hydrogens (tertiary/aromatic N) is 1. The van der Waals surface area contributed by atoms with Crippen LogP contribution in [0.2, 0.25) is 0 Å². The van der Waals surface area contributed by atoms with Gasteiger partial charge in [0.05, 0.1) is 5.39 Å². The molecule has 1 N–H and O–H groups in total. The van der Waals surface area contributed by atoms with Gasteiger partial charge in [-0.2, -0.15) is 0 Å². The third-order valence-corrected chi connectivity index (χ3v) is 3.92. The van der Waals surface area contributed by atoms with Gasteiger partial charge in [-0.05, 0) is 32.0 Å². The molecule has 3 rings (SSSR count). The van der Waals surface area contributed by atoms with Crippen LogP contribution in [0.15, 0.2) is 39.5 Å². The smallest absolute Gasteiger partial charge is 0.290 e. The number of rotatable bonds is 3. The van der Waals surface area contributed by atoms with Crippen LogP contribution in [-0.4, -0.2) is 36.5 Å². The minimum Gasteiger partial charge on any atom is -0.451 e. The SMILES string of the molecule is CCN(C(=O)c1cc(=O)c2ccccc2o1)C1CCNC1. The van der Waals surface area contributed by atoms with E-state index in [9.17, 15) is 9.59 Å². The first-order valence-corrected chi connectivity index (χ1v) is 7.25. The average Bonchev–Trinajstić information content (AvgIpc) is 3.02. The third kappa shape index (κ3) is 2.56. The zero-order valence-electron chi connectivity index (χ0n) is 12.0. The molecule has 1 atom stereocenters. The van der Waals surface area contributed by atoms with E-state index in [0.717, 1.165) is 19.5 Å². The molecule has 0 spiro atoms. The van der Waals surface area contributed by atoms with Crippen molar-refractivity contribution in [1.29, 1.82) is 0 Å². The summed E-state index contributed by atoms with van der Waals surface area (Å²) in [6.45, 7) is 4.24. The summed E-state index contributed by atoms with van der Waals surface area (Å²) in [5.41, 5.74) is 0.273. The second-order valence-electron chi connectivity index (χ2n) is 5.21. The maximum Gasteiger partial charge on any atom is 0.290 e. The van der Waals surface area contributed by atoms with Gasteiger partial charge in [0.1, 0.15) is 5.58 Å². The molecule has 21 heavy (non-hydrogen) atoms. The highest BCUT2D eigenvalue weighted by atomic mass is 16.3. The van der Waals surface area contributed by atoms with Crippen LogP contribution >= 0.6 is 0 Å². The number of benzene rings is 1. The van der Waals surface area contributed by atoms with E-state index in [1.807, 2.05) is 6.92 Å². The second kappa shape index (κ2) is 5.69. The first kappa shape index (κ1) is 13.8. The van der Waals surface area contributed by atoms with Gasteiger partial charge in [-0.1, -0.05) is 12.1 Å². The van der Waals surface area contributed by atoms with Crippen molar-refractivity contribution in [1.82, 2.24) is 10.2 Å². The molecule has 2 heterocycles. The van der Waals surface area contributed by atoms with Gasteiger partial charge < -0.3 is 14.6 Å². The van der Waals surface area contributed by atoms with E-state index >= 15 is 0 Å². The fourth-order valence-electron chi connectivity index (χ4n) is 2.82. The normalized spacial score (nSPS) is 18.0.